The van der Waals surface area contributed by atoms with Crippen molar-refractivity contribution in [3.8, 4) is 5.88 Å². The Hall–Kier alpha value is -2.32. The maximum absolute atomic E-state index is 12.8. The van der Waals surface area contributed by atoms with E-state index in [1.165, 1.54) is 6.92 Å². The van der Waals surface area contributed by atoms with Crippen LogP contribution >= 0.6 is 0 Å². The Labute approximate surface area is 106 Å². The quantitative estimate of drug-likeness (QED) is 0.464. The van der Waals surface area contributed by atoms with Crippen LogP contribution in [0.1, 0.15) is 29.4 Å². The third kappa shape index (κ3) is 3.12. The molecule has 0 radical (unpaired) electrons. The van der Waals surface area contributed by atoms with E-state index in [-0.39, 0.29) is 6.61 Å². The Morgan fingerprint density at radius 1 is 1.58 bits per heavy atom. The molecule has 1 rings (SSSR count). The molecule has 1 heterocycles. The molecule has 0 atom stereocenters. The van der Waals surface area contributed by atoms with Gasteiger partial charge in [-0.25, -0.2) is 18.6 Å². The molecule has 0 unspecified atom stereocenters. The summed E-state index contributed by atoms with van der Waals surface area (Å²) in [5.74, 6) is -1.69. The van der Waals surface area contributed by atoms with Gasteiger partial charge in [0.05, 0.1) is 24.2 Å². The molecule has 0 amide bonds. The molecule has 9 heteroatoms. The van der Waals surface area contributed by atoms with Crippen molar-refractivity contribution >= 4 is 11.7 Å². The van der Waals surface area contributed by atoms with Gasteiger partial charge in [-0.1, -0.05) is 0 Å². The summed E-state index contributed by atoms with van der Waals surface area (Å²) >= 11 is 0. The molecule has 0 spiro atoms. The molecule has 0 aromatic carbocycles. The first-order valence-corrected chi connectivity index (χ1v) is 5.10. The van der Waals surface area contributed by atoms with Crippen molar-refractivity contribution in [2.75, 3.05) is 13.7 Å². The fourth-order valence-electron chi connectivity index (χ4n) is 1.32. The number of hydrogen-bond acceptors (Lipinski definition) is 6. The lowest BCUT2D eigenvalue weighted by Crippen LogP contribution is -2.12. The number of ether oxygens (including phenoxy) is 2. The summed E-state index contributed by atoms with van der Waals surface area (Å²) in [5.41, 5.74) is -2.25. The predicted octanol–water partition coefficient (Wildman–Crippen LogP) is 2.11. The molecule has 1 aromatic heterocycles. The maximum Gasteiger partial charge on any atom is 0.340 e. The molecule has 0 bridgehead atoms. The van der Waals surface area contributed by atoms with Crippen LogP contribution in [-0.4, -0.2) is 29.6 Å². The lowest BCUT2D eigenvalue weighted by atomic mass is 10.2. The average molecular weight is 276 g/mol. The highest BCUT2D eigenvalue weighted by molar-refractivity contribution is 5.91. The smallest absolute Gasteiger partial charge is 0.340 e. The molecule has 0 saturated heterocycles. The standard InChI is InChI=1S/C10H10F2N2O5/c1-3-19-10(15)5-4-6(14(16)17)9(18-2)13-7(5)8(11)12/h4,8H,3H2,1-2H3. The van der Waals surface area contributed by atoms with Crippen LogP contribution in [0.5, 0.6) is 5.88 Å². The van der Waals surface area contributed by atoms with E-state index in [0.29, 0.717) is 6.07 Å². The average Bonchev–Trinajstić information content (AvgIpc) is 2.37. The number of alkyl halides is 2. The van der Waals surface area contributed by atoms with E-state index >= 15 is 0 Å². The highest BCUT2D eigenvalue weighted by Gasteiger charge is 2.28. The zero-order chi connectivity index (χ0) is 14.6. The van der Waals surface area contributed by atoms with E-state index in [2.05, 4.69) is 14.5 Å². The van der Waals surface area contributed by atoms with Crippen LogP contribution in [0.3, 0.4) is 0 Å². The van der Waals surface area contributed by atoms with Crippen LogP contribution in [0.4, 0.5) is 14.5 Å². The molecule has 0 saturated carbocycles. The number of halogens is 2. The second-order valence-corrected chi connectivity index (χ2v) is 3.23. The predicted molar refractivity (Wildman–Crippen MR) is 58.4 cm³/mol. The number of rotatable bonds is 5. The van der Waals surface area contributed by atoms with Gasteiger partial charge in [-0.15, -0.1) is 0 Å². The minimum atomic E-state index is -3.09. The molecule has 0 fully saturated rings. The minimum Gasteiger partial charge on any atom is -0.476 e. The summed E-state index contributed by atoms with van der Waals surface area (Å²) in [7, 11) is 1.05. The second kappa shape index (κ2) is 6.03. The Morgan fingerprint density at radius 2 is 2.21 bits per heavy atom. The van der Waals surface area contributed by atoms with Crippen LogP contribution in [0.2, 0.25) is 0 Å². The highest BCUT2D eigenvalue weighted by Crippen LogP contribution is 2.31. The van der Waals surface area contributed by atoms with E-state index in [9.17, 15) is 23.7 Å². The van der Waals surface area contributed by atoms with Crippen molar-refractivity contribution in [3.63, 3.8) is 0 Å². The molecular formula is C10H10F2N2O5. The molecule has 0 aliphatic carbocycles. The van der Waals surface area contributed by atoms with Crippen molar-refractivity contribution in [1.82, 2.24) is 4.98 Å². The van der Waals surface area contributed by atoms with Gasteiger partial charge in [-0.05, 0) is 6.92 Å². The van der Waals surface area contributed by atoms with Crippen molar-refractivity contribution < 1.29 is 28.0 Å². The van der Waals surface area contributed by atoms with Crippen molar-refractivity contribution in [2.24, 2.45) is 0 Å². The topological polar surface area (TPSA) is 91.6 Å². The van der Waals surface area contributed by atoms with Crippen LogP contribution in [0, 0.1) is 10.1 Å². The van der Waals surface area contributed by atoms with Gasteiger partial charge in [-0.2, -0.15) is 0 Å². The fraction of sp³-hybridized carbons (Fsp3) is 0.400. The van der Waals surface area contributed by atoms with Gasteiger partial charge < -0.3 is 9.47 Å². The second-order valence-electron chi connectivity index (χ2n) is 3.23. The normalized spacial score (nSPS) is 10.4. The van der Waals surface area contributed by atoms with E-state index in [1.54, 1.807) is 0 Å². The molecular weight excluding hydrogens is 266 g/mol. The molecule has 1 aromatic rings. The number of aromatic nitrogens is 1. The maximum atomic E-state index is 12.8. The van der Waals surface area contributed by atoms with E-state index in [1.807, 2.05) is 0 Å². The van der Waals surface area contributed by atoms with Gasteiger partial charge in [-0.3, -0.25) is 10.1 Å². The molecule has 0 aliphatic heterocycles. The Kier molecular flexibility index (Phi) is 4.67. The Morgan fingerprint density at radius 3 is 2.63 bits per heavy atom. The lowest BCUT2D eigenvalue weighted by Gasteiger charge is -2.09. The Bertz CT molecular complexity index is 507. The van der Waals surface area contributed by atoms with E-state index < -0.39 is 40.1 Å². The summed E-state index contributed by atoms with van der Waals surface area (Å²) in [5, 5.41) is 10.7. The first kappa shape index (κ1) is 14.7. The summed E-state index contributed by atoms with van der Waals surface area (Å²) in [6.45, 7) is 1.42. The summed E-state index contributed by atoms with van der Waals surface area (Å²) < 4.78 is 34.7. The van der Waals surface area contributed by atoms with Gasteiger partial charge >= 0.3 is 11.7 Å². The number of nitro groups is 1. The number of nitrogens with zero attached hydrogens (tertiary/aromatic N) is 2. The summed E-state index contributed by atoms with van der Waals surface area (Å²) in [4.78, 5) is 24.6. The zero-order valence-electron chi connectivity index (χ0n) is 10.1. The summed E-state index contributed by atoms with van der Waals surface area (Å²) in [6.07, 6.45) is -3.09. The van der Waals surface area contributed by atoms with Crippen LogP contribution in [0.25, 0.3) is 0 Å². The monoisotopic (exact) mass is 276 g/mol. The van der Waals surface area contributed by atoms with E-state index in [4.69, 9.17) is 0 Å². The van der Waals surface area contributed by atoms with Crippen molar-refractivity contribution in [2.45, 2.75) is 13.3 Å². The molecule has 0 aliphatic rings. The first-order chi connectivity index (χ1) is 8.92. The zero-order valence-corrected chi connectivity index (χ0v) is 10.1. The number of esters is 1. The van der Waals surface area contributed by atoms with Crippen LogP contribution in [-0.2, 0) is 4.74 Å². The SMILES string of the molecule is CCOC(=O)c1cc([N+](=O)[O-])c(OC)nc1C(F)F. The number of carbonyl (C=O) groups excluding carboxylic acids is 1. The number of carbonyl (C=O) groups is 1. The molecule has 19 heavy (non-hydrogen) atoms. The number of methoxy groups -OCH3 is 1. The van der Waals surface area contributed by atoms with Gasteiger partial charge in [0, 0.05) is 6.07 Å². The molecule has 104 valence electrons. The van der Waals surface area contributed by atoms with Crippen molar-refractivity contribution in [3.05, 3.63) is 27.4 Å². The third-order valence-electron chi connectivity index (χ3n) is 2.09. The number of hydrogen-bond donors (Lipinski definition) is 0. The van der Waals surface area contributed by atoms with Gasteiger partial charge in [0.1, 0.15) is 5.69 Å². The van der Waals surface area contributed by atoms with Gasteiger partial charge in [0.2, 0.25) is 0 Å². The Balaban J connectivity index is 3.45. The molecule has 0 N–H and O–H groups in total. The van der Waals surface area contributed by atoms with Gasteiger partial charge in [0.25, 0.3) is 12.3 Å². The largest absolute Gasteiger partial charge is 0.476 e. The van der Waals surface area contributed by atoms with Crippen molar-refractivity contribution in [1.29, 1.82) is 0 Å². The third-order valence-corrected chi connectivity index (χ3v) is 2.09. The van der Waals surface area contributed by atoms with E-state index in [0.717, 1.165) is 7.11 Å². The highest BCUT2D eigenvalue weighted by atomic mass is 19.3. The minimum absolute atomic E-state index is 0.0542. The van der Waals surface area contributed by atoms with Crippen LogP contribution in [0.15, 0.2) is 6.07 Å². The summed E-state index contributed by atoms with van der Waals surface area (Å²) in [6, 6.07) is 0.672. The fourth-order valence-corrected chi connectivity index (χ4v) is 1.32. The lowest BCUT2D eigenvalue weighted by molar-refractivity contribution is -0.386. The van der Waals surface area contributed by atoms with Crippen LogP contribution < -0.4 is 4.74 Å². The number of pyridine rings is 1. The van der Waals surface area contributed by atoms with Gasteiger partial charge in [0.15, 0.2) is 0 Å². The first-order valence-electron chi connectivity index (χ1n) is 5.10. The molecule has 7 nitrogen and oxygen atoms in total.